The van der Waals surface area contributed by atoms with Crippen LogP contribution in [0.4, 0.5) is 0 Å². The molecular formula is C14H21NO3. The number of rotatable bonds is 5. The highest BCUT2D eigenvalue weighted by atomic mass is 16.5. The molecule has 0 radical (unpaired) electrons. The molecule has 2 atom stereocenters. The Morgan fingerprint density at radius 3 is 2.94 bits per heavy atom. The van der Waals surface area contributed by atoms with Crippen molar-refractivity contribution < 1.29 is 14.2 Å². The summed E-state index contributed by atoms with van der Waals surface area (Å²) in [5.74, 6) is 1.57. The number of ether oxygens (including phenoxy) is 3. The van der Waals surface area contributed by atoms with Crippen LogP contribution in [0.25, 0.3) is 0 Å². The normalized spacial score (nSPS) is 20.7. The van der Waals surface area contributed by atoms with Crippen LogP contribution < -0.4 is 15.2 Å². The minimum atomic E-state index is -0.0598. The first-order valence-corrected chi connectivity index (χ1v) is 6.38. The first kappa shape index (κ1) is 13.2. The van der Waals surface area contributed by atoms with E-state index in [0.29, 0.717) is 6.61 Å². The van der Waals surface area contributed by atoms with Crippen molar-refractivity contribution in [2.24, 2.45) is 5.73 Å². The predicted molar refractivity (Wildman–Crippen MR) is 70.1 cm³/mol. The maximum absolute atomic E-state index is 5.94. The van der Waals surface area contributed by atoms with E-state index in [4.69, 9.17) is 19.9 Å². The third kappa shape index (κ3) is 3.15. The average Bonchev–Trinajstić information content (AvgIpc) is 2.88. The highest BCUT2D eigenvalue weighted by molar-refractivity contribution is 5.42. The summed E-state index contributed by atoms with van der Waals surface area (Å²) in [5.41, 5.74) is 6.93. The molecule has 0 saturated carbocycles. The lowest BCUT2D eigenvalue weighted by Crippen LogP contribution is -2.18. The molecule has 1 fully saturated rings. The van der Waals surface area contributed by atoms with E-state index in [2.05, 4.69) is 0 Å². The third-order valence-electron chi connectivity index (χ3n) is 3.16. The molecule has 2 N–H and O–H groups in total. The third-order valence-corrected chi connectivity index (χ3v) is 3.16. The van der Waals surface area contributed by atoms with Gasteiger partial charge >= 0.3 is 0 Å². The van der Waals surface area contributed by atoms with Crippen molar-refractivity contribution in [3.05, 3.63) is 23.8 Å². The summed E-state index contributed by atoms with van der Waals surface area (Å²) in [4.78, 5) is 0. The number of hydrogen-bond acceptors (Lipinski definition) is 4. The maximum Gasteiger partial charge on any atom is 0.127 e. The van der Waals surface area contributed by atoms with Crippen molar-refractivity contribution in [3.63, 3.8) is 0 Å². The van der Waals surface area contributed by atoms with Crippen LogP contribution in [0.1, 0.15) is 31.4 Å². The Bertz CT molecular complexity index is 387. The van der Waals surface area contributed by atoms with E-state index in [0.717, 1.165) is 36.5 Å². The van der Waals surface area contributed by atoms with Crippen LogP contribution in [-0.2, 0) is 4.74 Å². The van der Waals surface area contributed by atoms with Crippen LogP contribution in [0.15, 0.2) is 18.2 Å². The molecule has 100 valence electrons. The molecule has 4 nitrogen and oxygen atoms in total. The average molecular weight is 251 g/mol. The molecule has 2 rings (SSSR count). The Balaban J connectivity index is 2.07. The molecule has 0 aromatic heterocycles. The van der Waals surface area contributed by atoms with Gasteiger partial charge in [0.1, 0.15) is 18.1 Å². The van der Waals surface area contributed by atoms with E-state index in [1.807, 2.05) is 25.1 Å². The molecule has 1 saturated heterocycles. The minimum Gasteiger partial charge on any atom is -0.497 e. The van der Waals surface area contributed by atoms with Gasteiger partial charge in [0.05, 0.1) is 13.2 Å². The van der Waals surface area contributed by atoms with Crippen molar-refractivity contribution in [1.82, 2.24) is 0 Å². The van der Waals surface area contributed by atoms with Gasteiger partial charge in [-0.1, -0.05) is 6.07 Å². The first-order chi connectivity index (χ1) is 8.70. The summed E-state index contributed by atoms with van der Waals surface area (Å²) in [5, 5.41) is 0. The Labute approximate surface area is 108 Å². The second kappa shape index (κ2) is 6.07. The summed E-state index contributed by atoms with van der Waals surface area (Å²) in [6.07, 6.45) is 2.39. The molecule has 1 unspecified atom stereocenters. The zero-order chi connectivity index (χ0) is 13.0. The Hall–Kier alpha value is -1.26. The summed E-state index contributed by atoms with van der Waals surface area (Å²) in [7, 11) is 1.64. The van der Waals surface area contributed by atoms with Gasteiger partial charge in [0.25, 0.3) is 0 Å². The van der Waals surface area contributed by atoms with Crippen LogP contribution in [-0.4, -0.2) is 26.4 Å². The van der Waals surface area contributed by atoms with E-state index in [-0.39, 0.29) is 12.1 Å². The second-order valence-electron chi connectivity index (χ2n) is 4.64. The summed E-state index contributed by atoms with van der Waals surface area (Å²) < 4.78 is 16.6. The highest BCUT2D eigenvalue weighted by Gasteiger charge is 2.17. The van der Waals surface area contributed by atoms with E-state index < -0.39 is 0 Å². The van der Waals surface area contributed by atoms with Crippen LogP contribution in [0.5, 0.6) is 11.5 Å². The van der Waals surface area contributed by atoms with Crippen molar-refractivity contribution in [3.8, 4) is 11.5 Å². The smallest absolute Gasteiger partial charge is 0.127 e. The SMILES string of the molecule is COc1ccc([C@H](C)N)c(OCC2CCCO2)c1. The number of hydrogen-bond donors (Lipinski definition) is 1. The molecule has 0 spiro atoms. The van der Waals surface area contributed by atoms with Gasteiger partial charge in [-0.2, -0.15) is 0 Å². The standard InChI is InChI=1S/C14H21NO3/c1-10(15)13-6-5-11(16-2)8-14(13)18-9-12-4-3-7-17-12/h5-6,8,10,12H,3-4,7,9,15H2,1-2H3/t10-,12?/m0/s1. The lowest BCUT2D eigenvalue weighted by atomic mass is 10.1. The van der Waals surface area contributed by atoms with Gasteiger partial charge in [-0.15, -0.1) is 0 Å². The Morgan fingerprint density at radius 1 is 1.50 bits per heavy atom. The first-order valence-electron chi connectivity index (χ1n) is 6.38. The lowest BCUT2D eigenvalue weighted by molar-refractivity contribution is 0.0674. The zero-order valence-electron chi connectivity index (χ0n) is 11.0. The summed E-state index contributed by atoms with van der Waals surface area (Å²) >= 11 is 0. The second-order valence-corrected chi connectivity index (χ2v) is 4.64. The monoisotopic (exact) mass is 251 g/mol. The zero-order valence-corrected chi connectivity index (χ0v) is 11.0. The van der Waals surface area contributed by atoms with Crippen LogP contribution in [0, 0.1) is 0 Å². The van der Waals surface area contributed by atoms with Gasteiger partial charge in [-0.05, 0) is 25.8 Å². The fourth-order valence-corrected chi connectivity index (χ4v) is 2.10. The molecule has 1 aromatic carbocycles. The van der Waals surface area contributed by atoms with Gasteiger partial charge in [0.2, 0.25) is 0 Å². The molecule has 0 bridgehead atoms. The fraction of sp³-hybridized carbons (Fsp3) is 0.571. The van der Waals surface area contributed by atoms with Gasteiger partial charge in [0, 0.05) is 24.3 Å². The number of methoxy groups -OCH3 is 1. The predicted octanol–water partition coefficient (Wildman–Crippen LogP) is 2.27. The van der Waals surface area contributed by atoms with Crippen LogP contribution in [0.3, 0.4) is 0 Å². The molecule has 1 heterocycles. The van der Waals surface area contributed by atoms with Crippen molar-refractivity contribution in [2.75, 3.05) is 20.3 Å². The van der Waals surface area contributed by atoms with Crippen molar-refractivity contribution >= 4 is 0 Å². The molecule has 0 aliphatic carbocycles. The Kier molecular flexibility index (Phi) is 4.44. The fourth-order valence-electron chi connectivity index (χ4n) is 2.10. The number of benzene rings is 1. The molecule has 1 aliphatic heterocycles. The van der Waals surface area contributed by atoms with Crippen molar-refractivity contribution in [1.29, 1.82) is 0 Å². The van der Waals surface area contributed by atoms with Crippen molar-refractivity contribution in [2.45, 2.75) is 31.9 Å². The van der Waals surface area contributed by atoms with Gasteiger partial charge in [0.15, 0.2) is 0 Å². The van der Waals surface area contributed by atoms with Crippen LogP contribution >= 0.6 is 0 Å². The number of nitrogens with two attached hydrogens (primary N) is 1. The molecule has 4 heteroatoms. The topological polar surface area (TPSA) is 53.7 Å². The Morgan fingerprint density at radius 2 is 2.33 bits per heavy atom. The van der Waals surface area contributed by atoms with Gasteiger partial charge < -0.3 is 19.9 Å². The molecular weight excluding hydrogens is 230 g/mol. The summed E-state index contributed by atoms with van der Waals surface area (Å²) in [6, 6.07) is 5.68. The quantitative estimate of drug-likeness (QED) is 0.872. The minimum absolute atomic E-state index is 0.0598. The molecule has 18 heavy (non-hydrogen) atoms. The highest BCUT2D eigenvalue weighted by Crippen LogP contribution is 2.29. The molecule has 0 amide bonds. The maximum atomic E-state index is 5.94. The lowest BCUT2D eigenvalue weighted by Gasteiger charge is -2.17. The van der Waals surface area contributed by atoms with E-state index in [9.17, 15) is 0 Å². The largest absolute Gasteiger partial charge is 0.497 e. The molecule has 1 aromatic rings. The van der Waals surface area contributed by atoms with Gasteiger partial charge in [-0.3, -0.25) is 0 Å². The van der Waals surface area contributed by atoms with Gasteiger partial charge in [-0.25, -0.2) is 0 Å². The van der Waals surface area contributed by atoms with E-state index in [1.165, 1.54) is 0 Å². The van der Waals surface area contributed by atoms with E-state index >= 15 is 0 Å². The molecule has 1 aliphatic rings. The van der Waals surface area contributed by atoms with Crippen LogP contribution in [0.2, 0.25) is 0 Å². The summed E-state index contributed by atoms with van der Waals surface area (Å²) in [6.45, 7) is 3.36. The van der Waals surface area contributed by atoms with E-state index in [1.54, 1.807) is 7.11 Å².